The summed E-state index contributed by atoms with van der Waals surface area (Å²) < 4.78 is 1.67. The first-order valence-electron chi connectivity index (χ1n) is 5.21. The Morgan fingerprint density at radius 2 is 1.76 bits per heavy atom. The highest BCUT2D eigenvalue weighted by molar-refractivity contribution is 5.68. The van der Waals surface area contributed by atoms with Crippen LogP contribution in [-0.2, 0) is 0 Å². The number of benzene rings is 1. The quantitative estimate of drug-likeness (QED) is 0.616. The standard InChI is InChI=1S/C12H11N5/c13-9-5-3-8(4-6-9)11-15-12-10(14)2-1-7-17(12)16-11/h1-7H,13-14H2. The molecule has 17 heavy (non-hydrogen) atoms. The number of nitrogens with zero attached hydrogens (tertiary/aromatic N) is 3. The molecule has 0 aliphatic carbocycles. The molecule has 2 aromatic heterocycles. The molecule has 0 saturated carbocycles. The number of hydrogen-bond acceptors (Lipinski definition) is 4. The molecule has 0 aliphatic rings. The van der Waals surface area contributed by atoms with Gasteiger partial charge in [0.15, 0.2) is 11.5 Å². The van der Waals surface area contributed by atoms with E-state index in [9.17, 15) is 0 Å². The summed E-state index contributed by atoms with van der Waals surface area (Å²) in [4.78, 5) is 4.40. The normalized spacial score (nSPS) is 10.8. The second kappa shape index (κ2) is 3.48. The van der Waals surface area contributed by atoms with Gasteiger partial charge >= 0.3 is 0 Å². The summed E-state index contributed by atoms with van der Waals surface area (Å²) in [6, 6.07) is 11.1. The molecule has 5 heteroatoms. The average Bonchev–Trinajstić information content (AvgIpc) is 2.75. The van der Waals surface area contributed by atoms with Crippen LogP contribution in [0.25, 0.3) is 17.0 Å². The fraction of sp³-hybridized carbons (Fsp3) is 0. The van der Waals surface area contributed by atoms with Crippen LogP contribution in [0.3, 0.4) is 0 Å². The van der Waals surface area contributed by atoms with Gasteiger partial charge in [0.1, 0.15) is 0 Å². The molecular weight excluding hydrogens is 214 g/mol. The summed E-state index contributed by atoms with van der Waals surface area (Å²) in [5.41, 5.74) is 14.4. The Labute approximate surface area is 97.7 Å². The SMILES string of the molecule is Nc1ccc(-c2nc3c(N)cccn3n2)cc1. The van der Waals surface area contributed by atoms with Crippen molar-refractivity contribution in [1.29, 1.82) is 0 Å². The molecule has 0 amide bonds. The molecule has 4 N–H and O–H groups in total. The van der Waals surface area contributed by atoms with Crippen LogP contribution in [-0.4, -0.2) is 14.6 Å². The van der Waals surface area contributed by atoms with E-state index in [0.717, 1.165) is 11.3 Å². The first kappa shape index (κ1) is 9.65. The molecule has 3 aromatic rings. The summed E-state index contributed by atoms with van der Waals surface area (Å²) in [6.07, 6.45) is 1.82. The molecule has 0 radical (unpaired) electrons. The van der Waals surface area contributed by atoms with E-state index in [1.54, 1.807) is 10.6 Å². The molecular formula is C12H11N5. The molecule has 5 nitrogen and oxygen atoms in total. The lowest BCUT2D eigenvalue weighted by Gasteiger charge is -1.94. The van der Waals surface area contributed by atoms with Crippen molar-refractivity contribution in [3.63, 3.8) is 0 Å². The summed E-state index contributed by atoms with van der Waals surface area (Å²) in [5, 5.41) is 4.36. The number of pyridine rings is 1. The van der Waals surface area contributed by atoms with E-state index < -0.39 is 0 Å². The molecule has 3 rings (SSSR count). The van der Waals surface area contributed by atoms with E-state index in [0.29, 0.717) is 17.2 Å². The van der Waals surface area contributed by atoms with Crippen LogP contribution in [0.2, 0.25) is 0 Å². The predicted octanol–water partition coefficient (Wildman–Crippen LogP) is 1.56. The number of fused-ring (bicyclic) bond motifs is 1. The highest BCUT2D eigenvalue weighted by Crippen LogP contribution is 2.19. The highest BCUT2D eigenvalue weighted by atomic mass is 15.3. The Kier molecular flexibility index (Phi) is 1.98. The number of nitrogen functional groups attached to an aromatic ring is 2. The summed E-state index contributed by atoms with van der Waals surface area (Å²) >= 11 is 0. The van der Waals surface area contributed by atoms with Crippen molar-refractivity contribution >= 4 is 17.0 Å². The Hall–Kier alpha value is -2.56. The molecule has 0 fully saturated rings. The second-order valence-corrected chi connectivity index (χ2v) is 3.79. The van der Waals surface area contributed by atoms with E-state index >= 15 is 0 Å². The van der Waals surface area contributed by atoms with Crippen LogP contribution < -0.4 is 11.5 Å². The van der Waals surface area contributed by atoms with E-state index in [1.807, 2.05) is 36.5 Å². The molecule has 0 saturated heterocycles. The van der Waals surface area contributed by atoms with Gasteiger partial charge in [-0.3, -0.25) is 0 Å². The topological polar surface area (TPSA) is 82.2 Å². The minimum atomic E-state index is 0.613. The molecule has 84 valence electrons. The Bertz CT molecular complexity index is 669. The first-order valence-corrected chi connectivity index (χ1v) is 5.21. The Balaban J connectivity index is 2.18. The van der Waals surface area contributed by atoms with Gasteiger partial charge in [0.25, 0.3) is 0 Å². The van der Waals surface area contributed by atoms with Crippen molar-refractivity contribution in [3.8, 4) is 11.4 Å². The third kappa shape index (κ3) is 1.57. The van der Waals surface area contributed by atoms with Crippen LogP contribution >= 0.6 is 0 Å². The molecule has 2 heterocycles. The van der Waals surface area contributed by atoms with E-state index in [2.05, 4.69) is 10.1 Å². The minimum absolute atomic E-state index is 0.613. The lowest BCUT2D eigenvalue weighted by Crippen LogP contribution is -1.92. The Morgan fingerprint density at radius 3 is 2.47 bits per heavy atom. The number of anilines is 2. The molecule has 0 unspecified atom stereocenters. The lowest BCUT2D eigenvalue weighted by molar-refractivity contribution is 0.967. The first-order chi connectivity index (χ1) is 8.24. The monoisotopic (exact) mass is 225 g/mol. The summed E-state index contributed by atoms with van der Waals surface area (Å²) in [7, 11) is 0. The molecule has 1 aromatic carbocycles. The van der Waals surface area contributed by atoms with Crippen molar-refractivity contribution in [1.82, 2.24) is 14.6 Å². The van der Waals surface area contributed by atoms with Gasteiger partial charge in [0, 0.05) is 17.4 Å². The summed E-state index contributed by atoms with van der Waals surface area (Å²) in [6.45, 7) is 0. The van der Waals surface area contributed by atoms with Gasteiger partial charge in [-0.25, -0.2) is 9.50 Å². The molecule has 0 bridgehead atoms. The van der Waals surface area contributed by atoms with E-state index in [1.165, 1.54) is 0 Å². The maximum Gasteiger partial charge on any atom is 0.182 e. The fourth-order valence-electron chi connectivity index (χ4n) is 1.68. The Morgan fingerprint density at radius 1 is 1.00 bits per heavy atom. The number of rotatable bonds is 1. The van der Waals surface area contributed by atoms with Crippen LogP contribution in [0.4, 0.5) is 11.4 Å². The molecule has 0 atom stereocenters. The zero-order chi connectivity index (χ0) is 11.8. The smallest absolute Gasteiger partial charge is 0.182 e. The number of hydrogen-bond donors (Lipinski definition) is 2. The van der Waals surface area contributed by atoms with Gasteiger partial charge in [-0.1, -0.05) is 0 Å². The van der Waals surface area contributed by atoms with Gasteiger partial charge < -0.3 is 11.5 Å². The van der Waals surface area contributed by atoms with E-state index in [4.69, 9.17) is 11.5 Å². The zero-order valence-electron chi connectivity index (χ0n) is 9.04. The molecule has 0 aliphatic heterocycles. The van der Waals surface area contributed by atoms with Gasteiger partial charge in [0.2, 0.25) is 0 Å². The van der Waals surface area contributed by atoms with Crippen molar-refractivity contribution in [3.05, 3.63) is 42.6 Å². The molecule has 0 spiro atoms. The van der Waals surface area contributed by atoms with Gasteiger partial charge in [-0.15, -0.1) is 5.10 Å². The number of nitrogens with two attached hydrogens (primary N) is 2. The van der Waals surface area contributed by atoms with E-state index in [-0.39, 0.29) is 0 Å². The minimum Gasteiger partial charge on any atom is -0.399 e. The maximum absolute atomic E-state index is 5.83. The van der Waals surface area contributed by atoms with Crippen molar-refractivity contribution in [2.24, 2.45) is 0 Å². The second-order valence-electron chi connectivity index (χ2n) is 3.79. The van der Waals surface area contributed by atoms with Gasteiger partial charge in [-0.05, 0) is 36.4 Å². The largest absolute Gasteiger partial charge is 0.399 e. The van der Waals surface area contributed by atoms with Crippen LogP contribution in [0.5, 0.6) is 0 Å². The highest BCUT2D eigenvalue weighted by Gasteiger charge is 2.07. The average molecular weight is 225 g/mol. The van der Waals surface area contributed by atoms with Crippen LogP contribution in [0, 0.1) is 0 Å². The fourth-order valence-corrected chi connectivity index (χ4v) is 1.68. The zero-order valence-corrected chi connectivity index (χ0v) is 9.04. The van der Waals surface area contributed by atoms with Crippen molar-refractivity contribution in [2.75, 3.05) is 11.5 Å². The van der Waals surface area contributed by atoms with Crippen molar-refractivity contribution < 1.29 is 0 Å². The predicted molar refractivity (Wildman–Crippen MR) is 67.2 cm³/mol. The van der Waals surface area contributed by atoms with Gasteiger partial charge in [-0.2, -0.15) is 0 Å². The third-order valence-electron chi connectivity index (χ3n) is 2.56. The number of aromatic nitrogens is 3. The third-order valence-corrected chi connectivity index (χ3v) is 2.56. The van der Waals surface area contributed by atoms with Crippen molar-refractivity contribution in [2.45, 2.75) is 0 Å². The van der Waals surface area contributed by atoms with Crippen LogP contribution in [0.15, 0.2) is 42.6 Å². The lowest BCUT2D eigenvalue weighted by atomic mass is 10.2. The summed E-state index contributed by atoms with van der Waals surface area (Å²) in [5.74, 6) is 0.642. The maximum atomic E-state index is 5.83. The van der Waals surface area contributed by atoms with Crippen LogP contribution in [0.1, 0.15) is 0 Å². The van der Waals surface area contributed by atoms with Gasteiger partial charge in [0.05, 0.1) is 5.69 Å².